The minimum absolute atomic E-state index is 0.0244. The molecule has 5 heteroatoms. The number of halogens is 1. The van der Waals surface area contributed by atoms with Gasteiger partial charge in [-0.2, -0.15) is 0 Å². The van der Waals surface area contributed by atoms with Crippen LogP contribution in [0.4, 0.5) is 4.39 Å². The summed E-state index contributed by atoms with van der Waals surface area (Å²) < 4.78 is 14.6. The van der Waals surface area contributed by atoms with Crippen molar-refractivity contribution in [3.8, 4) is 0 Å². The van der Waals surface area contributed by atoms with Gasteiger partial charge in [0.05, 0.1) is 11.9 Å². The summed E-state index contributed by atoms with van der Waals surface area (Å²) in [5.41, 5.74) is 1.86. The van der Waals surface area contributed by atoms with E-state index in [1.54, 1.807) is 28.0 Å². The Bertz CT molecular complexity index is 878. The molecule has 0 spiro atoms. The van der Waals surface area contributed by atoms with Crippen LogP contribution >= 0.6 is 11.3 Å². The second-order valence-corrected chi connectivity index (χ2v) is 6.34. The largest absolute Gasteiger partial charge is 0.292 e. The average Bonchev–Trinajstić information content (AvgIpc) is 2.72. The second-order valence-electron chi connectivity index (χ2n) is 5.14. The summed E-state index contributed by atoms with van der Waals surface area (Å²) in [5, 5.41) is 0.699. The van der Waals surface area contributed by atoms with Crippen molar-refractivity contribution in [1.29, 1.82) is 0 Å². The Kier molecular flexibility index (Phi) is 3.37. The molecule has 3 rings (SSSR count). The van der Waals surface area contributed by atoms with Crippen LogP contribution in [0.25, 0.3) is 10.2 Å². The van der Waals surface area contributed by atoms with Crippen molar-refractivity contribution in [2.75, 3.05) is 0 Å². The maximum absolute atomic E-state index is 13.0. The van der Waals surface area contributed by atoms with E-state index in [1.165, 1.54) is 12.1 Å². The first-order valence-corrected chi connectivity index (χ1v) is 7.50. The van der Waals surface area contributed by atoms with Crippen molar-refractivity contribution in [3.05, 3.63) is 62.3 Å². The van der Waals surface area contributed by atoms with Gasteiger partial charge in [0, 0.05) is 4.88 Å². The molecule has 0 unspecified atom stereocenters. The monoisotopic (exact) mass is 302 g/mol. The van der Waals surface area contributed by atoms with Crippen molar-refractivity contribution in [1.82, 2.24) is 9.55 Å². The molecule has 3 nitrogen and oxygen atoms in total. The van der Waals surface area contributed by atoms with Gasteiger partial charge >= 0.3 is 0 Å². The Morgan fingerprint density at radius 1 is 1.19 bits per heavy atom. The number of aromatic nitrogens is 2. The van der Waals surface area contributed by atoms with E-state index in [-0.39, 0.29) is 11.4 Å². The molecule has 0 aliphatic rings. The number of hydrogen-bond donors (Lipinski definition) is 0. The lowest BCUT2D eigenvalue weighted by atomic mass is 10.2. The maximum atomic E-state index is 13.0. The Labute approximate surface area is 125 Å². The molecule has 2 aromatic heterocycles. The highest BCUT2D eigenvalue weighted by Crippen LogP contribution is 2.26. The summed E-state index contributed by atoms with van der Waals surface area (Å²) in [6.45, 7) is 6.19. The first-order valence-electron chi connectivity index (χ1n) is 6.69. The Morgan fingerprint density at radius 2 is 1.86 bits per heavy atom. The zero-order chi connectivity index (χ0) is 15.1. The fourth-order valence-corrected chi connectivity index (χ4v) is 3.45. The molecular formula is C16H15FN2OS. The van der Waals surface area contributed by atoms with Crippen molar-refractivity contribution in [2.24, 2.45) is 0 Å². The van der Waals surface area contributed by atoms with E-state index in [1.807, 2.05) is 20.8 Å². The summed E-state index contributed by atoms with van der Waals surface area (Å²) in [4.78, 5) is 19.2. The topological polar surface area (TPSA) is 34.9 Å². The van der Waals surface area contributed by atoms with Crippen LogP contribution in [-0.4, -0.2) is 9.55 Å². The molecule has 21 heavy (non-hydrogen) atoms. The zero-order valence-electron chi connectivity index (χ0n) is 12.1. The molecule has 0 N–H and O–H groups in total. The number of nitrogens with zero attached hydrogens (tertiary/aromatic N) is 2. The molecule has 108 valence electrons. The lowest BCUT2D eigenvalue weighted by Crippen LogP contribution is -2.24. The smallest absolute Gasteiger partial charge is 0.262 e. The fourth-order valence-electron chi connectivity index (χ4n) is 2.39. The predicted octanol–water partition coefficient (Wildman–Crippen LogP) is 3.57. The van der Waals surface area contributed by atoms with Gasteiger partial charge in [-0.25, -0.2) is 9.37 Å². The Balaban J connectivity index is 2.16. The molecule has 0 amide bonds. The van der Waals surface area contributed by atoms with Crippen molar-refractivity contribution in [2.45, 2.75) is 27.3 Å². The molecule has 0 aliphatic carbocycles. The van der Waals surface area contributed by atoms with Gasteiger partial charge in [-0.3, -0.25) is 9.36 Å². The van der Waals surface area contributed by atoms with Crippen LogP contribution in [-0.2, 0) is 6.54 Å². The number of benzene rings is 1. The van der Waals surface area contributed by atoms with E-state index in [0.717, 1.165) is 20.8 Å². The molecule has 0 aliphatic heterocycles. The Morgan fingerprint density at radius 3 is 2.52 bits per heavy atom. The highest BCUT2D eigenvalue weighted by atomic mass is 32.1. The molecular weight excluding hydrogens is 287 g/mol. The van der Waals surface area contributed by atoms with Crippen LogP contribution in [0.15, 0.2) is 29.1 Å². The SMILES string of the molecule is Cc1sc2nc(C)n(Cc3ccc(F)cc3)c(=O)c2c1C. The molecule has 0 saturated carbocycles. The molecule has 3 aromatic rings. The van der Waals surface area contributed by atoms with Gasteiger partial charge in [0.1, 0.15) is 16.5 Å². The summed E-state index contributed by atoms with van der Waals surface area (Å²) >= 11 is 1.55. The van der Waals surface area contributed by atoms with Gasteiger partial charge < -0.3 is 0 Å². The lowest BCUT2D eigenvalue weighted by molar-refractivity contribution is 0.625. The quantitative estimate of drug-likeness (QED) is 0.725. The third kappa shape index (κ3) is 2.38. The van der Waals surface area contributed by atoms with E-state index >= 15 is 0 Å². The average molecular weight is 302 g/mol. The first kappa shape index (κ1) is 13.9. The van der Waals surface area contributed by atoms with Gasteiger partial charge in [-0.05, 0) is 44.0 Å². The third-order valence-electron chi connectivity index (χ3n) is 3.73. The van der Waals surface area contributed by atoms with E-state index in [0.29, 0.717) is 17.8 Å². The normalized spacial score (nSPS) is 11.2. The van der Waals surface area contributed by atoms with Gasteiger partial charge in [0.2, 0.25) is 0 Å². The van der Waals surface area contributed by atoms with E-state index in [4.69, 9.17) is 0 Å². The van der Waals surface area contributed by atoms with Gasteiger partial charge in [-0.1, -0.05) is 12.1 Å². The van der Waals surface area contributed by atoms with Crippen LogP contribution in [0.2, 0.25) is 0 Å². The molecule has 2 heterocycles. The van der Waals surface area contributed by atoms with E-state index in [9.17, 15) is 9.18 Å². The third-order valence-corrected chi connectivity index (χ3v) is 4.83. The summed E-state index contributed by atoms with van der Waals surface area (Å²) in [7, 11) is 0. The molecule has 1 aromatic carbocycles. The van der Waals surface area contributed by atoms with Gasteiger partial charge in [0.25, 0.3) is 5.56 Å². The lowest BCUT2D eigenvalue weighted by Gasteiger charge is -2.09. The number of aryl methyl sites for hydroxylation is 3. The number of rotatable bonds is 2. The van der Waals surface area contributed by atoms with E-state index in [2.05, 4.69) is 4.98 Å². The molecule has 0 saturated heterocycles. The summed E-state index contributed by atoms with van der Waals surface area (Å²) in [6.07, 6.45) is 0. The number of fused-ring (bicyclic) bond motifs is 1. The molecule has 0 radical (unpaired) electrons. The summed E-state index contributed by atoms with van der Waals surface area (Å²) in [6, 6.07) is 6.19. The highest BCUT2D eigenvalue weighted by molar-refractivity contribution is 7.18. The van der Waals surface area contributed by atoms with Gasteiger partial charge in [0.15, 0.2) is 0 Å². The molecule has 0 bridgehead atoms. The molecule has 0 fully saturated rings. The van der Waals surface area contributed by atoms with Crippen molar-refractivity contribution >= 4 is 21.6 Å². The van der Waals surface area contributed by atoms with Crippen LogP contribution in [0.1, 0.15) is 21.8 Å². The Hall–Kier alpha value is -2.01. The van der Waals surface area contributed by atoms with Gasteiger partial charge in [-0.15, -0.1) is 11.3 Å². The van der Waals surface area contributed by atoms with Crippen molar-refractivity contribution in [3.63, 3.8) is 0 Å². The van der Waals surface area contributed by atoms with Crippen LogP contribution in [0, 0.1) is 26.6 Å². The zero-order valence-corrected chi connectivity index (χ0v) is 12.9. The number of hydrogen-bond acceptors (Lipinski definition) is 3. The summed E-state index contributed by atoms with van der Waals surface area (Å²) in [5.74, 6) is 0.402. The van der Waals surface area contributed by atoms with E-state index < -0.39 is 0 Å². The minimum Gasteiger partial charge on any atom is -0.292 e. The van der Waals surface area contributed by atoms with Crippen LogP contribution < -0.4 is 5.56 Å². The number of thiophene rings is 1. The fraction of sp³-hybridized carbons (Fsp3) is 0.250. The van der Waals surface area contributed by atoms with Crippen LogP contribution in [0.3, 0.4) is 0 Å². The second kappa shape index (κ2) is 5.07. The van der Waals surface area contributed by atoms with Crippen LogP contribution in [0.5, 0.6) is 0 Å². The van der Waals surface area contributed by atoms with Crippen molar-refractivity contribution < 1.29 is 4.39 Å². The minimum atomic E-state index is -0.277. The maximum Gasteiger partial charge on any atom is 0.262 e. The molecule has 0 atom stereocenters. The standard InChI is InChI=1S/C16H15FN2OS/c1-9-10(2)21-15-14(9)16(20)19(11(3)18-15)8-12-4-6-13(17)7-5-12/h4-7H,8H2,1-3H3. The highest BCUT2D eigenvalue weighted by Gasteiger charge is 2.14. The first-order chi connectivity index (χ1) is 9.97. The predicted molar refractivity (Wildman–Crippen MR) is 83.6 cm³/mol.